The van der Waals surface area contributed by atoms with Gasteiger partial charge in [0.15, 0.2) is 11.2 Å². The summed E-state index contributed by atoms with van der Waals surface area (Å²) in [5.74, 6) is -1.24. The van der Waals surface area contributed by atoms with Gasteiger partial charge >= 0.3 is 0 Å². The maximum Gasteiger partial charge on any atom is 0.287 e. The van der Waals surface area contributed by atoms with Crippen molar-refractivity contribution in [3.8, 4) is 0 Å². The molecule has 0 bridgehead atoms. The van der Waals surface area contributed by atoms with Crippen LogP contribution in [0, 0.1) is 0 Å². The Morgan fingerprint density at radius 1 is 1.03 bits per heavy atom. The van der Waals surface area contributed by atoms with E-state index in [1.807, 2.05) is 37.2 Å². The third-order valence-electron chi connectivity index (χ3n) is 6.56. The summed E-state index contributed by atoms with van der Waals surface area (Å²) in [5.41, 5.74) is 1.23. The molecule has 0 saturated carbocycles. The number of carbonyl (C=O) groups is 3. The Bertz CT molecular complexity index is 1430. The van der Waals surface area contributed by atoms with Crippen molar-refractivity contribution in [3.63, 3.8) is 0 Å². The molecule has 2 N–H and O–H groups in total. The molecule has 39 heavy (non-hydrogen) atoms. The third kappa shape index (κ3) is 6.76. The molecule has 1 aromatic heterocycles. The van der Waals surface area contributed by atoms with Crippen molar-refractivity contribution < 1.29 is 18.8 Å². The predicted octanol–water partition coefficient (Wildman–Crippen LogP) is 2.20. The van der Waals surface area contributed by atoms with Gasteiger partial charge in [0.1, 0.15) is 11.6 Å². The zero-order valence-corrected chi connectivity index (χ0v) is 23.0. The first-order chi connectivity index (χ1) is 18.6. The van der Waals surface area contributed by atoms with Crippen molar-refractivity contribution in [3.05, 3.63) is 75.1 Å². The molecule has 10 nitrogen and oxygen atoms in total. The first-order valence-corrected chi connectivity index (χ1v) is 13.1. The van der Waals surface area contributed by atoms with Gasteiger partial charge in [-0.15, -0.1) is 0 Å². The number of piperazine rings is 1. The SMILES string of the molecule is CC(NC(=O)c1cc(=O)c2ccc(Cl)cc2o1)C(=O)N1CCN(c2ccccc2C(=O)NCCN(C)C)CC1. The van der Waals surface area contributed by atoms with Crippen LogP contribution in [0.25, 0.3) is 11.0 Å². The smallest absolute Gasteiger partial charge is 0.287 e. The highest BCUT2D eigenvalue weighted by Gasteiger charge is 2.28. The molecule has 0 spiro atoms. The Hall–Kier alpha value is -3.89. The van der Waals surface area contributed by atoms with Gasteiger partial charge in [0, 0.05) is 62.1 Å². The molecule has 0 aliphatic carbocycles. The van der Waals surface area contributed by atoms with Crippen molar-refractivity contribution in [2.24, 2.45) is 0 Å². The number of amides is 3. The molecule has 0 radical (unpaired) electrons. The van der Waals surface area contributed by atoms with Gasteiger partial charge in [0.25, 0.3) is 11.8 Å². The van der Waals surface area contributed by atoms with Gasteiger partial charge in [-0.25, -0.2) is 0 Å². The Morgan fingerprint density at radius 3 is 2.46 bits per heavy atom. The number of nitrogens with zero attached hydrogens (tertiary/aromatic N) is 3. The van der Waals surface area contributed by atoms with Crippen LogP contribution in [0.1, 0.15) is 27.8 Å². The second-order valence-corrected chi connectivity index (χ2v) is 10.1. The van der Waals surface area contributed by atoms with Crippen molar-refractivity contribution >= 4 is 46.0 Å². The Labute approximate surface area is 231 Å². The van der Waals surface area contributed by atoms with Gasteiger partial charge < -0.3 is 29.8 Å². The van der Waals surface area contributed by atoms with Gasteiger partial charge in [-0.2, -0.15) is 0 Å². The highest BCUT2D eigenvalue weighted by atomic mass is 35.5. The van der Waals surface area contributed by atoms with Gasteiger partial charge in [0.05, 0.1) is 10.9 Å². The van der Waals surface area contributed by atoms with E-state index >= 15 is 0 Å². The number of fused-ring (bicyclic) bond motifs is 1. The topological polar surface area (TPSA) is 115 Å². The fourth-order valence-electron chi connectivity index (χ4n) is 4.44. The molecule has 1 atom stereocenters. The summed E-state index contributed by atoms with van der Waals surface area (Å²) in [6, 6.07) is 12.3. The van der Waals surface area contributed by atoms with Gasteiger partial charge in [-0.3, -0.25) is 19.2 Å². The summed E-state index contributed by atoms with van der Waals surface area (Å²) in [6.45, 7) is 4.81. The number of carbonyl (C=O) groups excluding carboxylic acids is 3. The first kappa shape index (κ1) is 28.1. The largest absolute Gasteiger partial charge is 0.451 e. The van der Waals surface area contributed by atoms with E-state index in [1.54, 1.807) is 24.0 Å². The molecular weight excluding hydrogens is 522 g/mol. The molecule has 1 aliphatic heterocycles. The molecule has 1 fully saturated rings. The molecule has 11 heteroatoms. The number of likely N-dealkylation sites (N-methyl/N-ethyl adjacent to an activating group) is 1. The van der Waals surface area contributed by atoms with Crippen LogP contribution in [0.2, 0.25) is 5.02 Å². The van der Waals surface area contributed by atoms with E-state index in [2.05, 4.69) is 15.5 Å². The summed E-state index contributed by atoms with van der Waals surface area (Å²) in [5, 5.41) is 6.27. The number of nitrogens with one attached hydrogen (secondary N) is 2. The summed E-state index contributed by atoms with van der Waals surface area (Å²) in [6.07, 6.45) is 0. The quantitative estimate of drug-likeness (QED) is 0.439. The van der Waals surface area contributed by atoms with E-state index in [-0.39, 0.29) is 28.6 Å². The minimum Gasteiger partial charge on any atom is -0.451 e. The van der Waals surface area contributed by atoms with Crippen LogP contribution in [0.5, 0.6) is 0 Å². The second-order valence-electron chi connectivity index (χ2n) is 9.70. The average molecular weight is 554 g/mol. The molecule has 2 heterocycles. The van der Waals surface area contributed by atoms with Crippen molar-refractivity contribution in [1.29, 1.82) is 0 Å². The number of hydrogen-bond donors (Lipinski definition) is 2. The highest BCUT2D eigenvalue weighted by Crippen LogP contribution is 2.22. The lowest BCUT2D eigenvalue weighted by molar-refractivity contribution is -0.133. The van der Waals surface area contributed by atoms with Crippen LogP contribution in [-0.2, 0) is 4.79 Å². The lowest BCUT2D eigenvalue weighted by Gasteiger charge is -2.37. The molecule has 1 unspecified atom stereocenters. The van der Waals surface area contributed by atoms with Gasteiger partial charge in [-0.05, 0) is 45.3 Å². The second kappa shape index (κ2) is 12.3. The van der Waals surface area contributed by atoms with E-state index in [1.165, 1.54) is 12.1 Å². The van der Waals surface area contributed by atoms with Crippen LogP contribution in [0.3, 0.4) is 0 Å². The fraction of sp³-hybridized carbons (Fsp3) is 0.357. The van der Waals surface area contributed by atoms with Gasteiger partial charge in [0.2, 0.25) is 5.91 Å². The molecule has 1 aliphatic rings. The van der Waals surface area contributed by atoms with Crippen molar-refractivity contribution in [1.82, 2.24) is 20.4 Å². The molecule has 4 rings (SSSR count). The van der Waals surface area contributed by atoms with Crippen LogP contribution >= 0.6 is 11.6 Å². The Morgan fingerprint density at radius 2 is 1.74 bits per heavy atom. The van der Waals surface area contributed by atoms with E-state index in [4.69, 9.17) is 16.0 Å². The fourth-order valence-corrected chi connectivity index (χ4v) is 4.60. The van der Waals surface area contributed by atoms with E-state index in [9.17, 15) is 19.2 Å². The maximum absolute atomic E-state index is 13.1. The average Bonchev–Trinajstić information content (AvgIpc) is 2.92. The lowest BCUT2D eigenvalue weighted by atomic mass is 10.1. The Balaban J connectivity index is 1.36. The lowest BCUT2D eigenvalue weighted by Crippen LogP contribution is -2.54. The number of rotatable bonds is 8. The third-order valence-corrected chi connectivity index (χ3v) is 6.79. The molecular formula is C28H32ClN5O5. The number of hydrogen-bond acceptors (Lipinski definition) is 7. The van der Waals surface area contributed by atoms with Gasteiger partial charge in [-0.1, -0.05) is 23.7 Å². The monoisotopic (exact) mass is 553 g/mol. The zero-order chi connectivity index (χ0) is 28.1. The molecule has 3 aromatic rings. The van der Waals surface area contributed by atoms with E-state index < -0.39 is 11.9 Å². The van der Waals surface area contributed by atoms with Crippen molar-refractivity contribution in [2.45, 2.75) is 13.0 Å². The zero-order valence-electron chi connectivity index (χ0n) is 22.2. The summed E-state index contributed by atoms with van der Waals surface area (Å²) in [7, 11) is 3.90. The summed E-state index contributed by atoms with van der Waals surface area (Å²) in [4.78, 5) is 56.8. The number of anilines is 1. The van der Waals surface area contributed by atoms with Crippen molar-refractivity contribution in [2.75, 3.05) is 58.3 Å². The van der Waals surface area contributed by atoms with Crippen LogP contribution in [-0.4, -0.2) is 86.9 Å². The number of benzene rings is 2. The standard InChI is InChI=1S/C28H32ClN5O5/c1-18(31-27(37)25-17-23(35)21-9-8-19(29)16-24(21)39-25)28(38)34-14-12-33(13-15-34)22-7-5-4-6-20(22)26(36)30-10-11-32(2)3/h4-9,16-18H,10-15H2,1-3H3,(H,30,36)(H,31,37). The maximum atomic E-state index is 13.1. The van der Waals surface area contributed by atoms with E-state index in [0.717, 1.165) is 18.3 Å². The number of para-hydroxylation sites is 1. The molecule has 3 amide bonds. The normalized spacial score (nSPS) is 14.4. The molecule has 2 aromatic carbocycles. The van der Waals surface area contributed by atoms with E-state index in [0.29, 0.717) is 48.7 Å². The summed E-state index contributed by atoms with van der Waals surface area (Å²) < 4.78 is 5.58. The minimum atomic E-state index is -0.834. The van der Waals surface area contributed by atoms with Crippen LogP contribution in [0.15, 0.2) is 57.7 Å². The van der Waals surface area contributed by atoms with Crippen LogP contribution < -0.4 is 21.0 Å². The summed E-state index contributed by atoms with van der Waals surface area (Å²) >= 11 is 5.98. The molecule has 1 saturated heterocycles. The first-order valence-electron chi connectivity index (χ1n) is 12.7. The van der Waals surface area contributed by atoms with Crippen LogP contribution in [0.4, 0.5) is 5.69 Å². The molecule has 206 valence electrons. The number of halogens is 1. The predicted molar refractivity (Wildman–Crippen MR) is 151 cm³/mol. The minimum absolute atomic E-state index is 0.134. The highest BCUT2D eigenvalue weighted by molar-refractivity contribution is 6.31. The Kier molecular flexibility index (Phi) is 8.88.